The minimum absolute atomic E-state index is 0.0676. The van der Waals surface area contributed by atoms with Crippen molar-refractivity contribution in [2.75, 3.05) is 23.7 Å². The number of rotatable bonds is 3. The molecule has 1 aliphatic rings. The van der Waals surface area contributed by atoms with E-state index in [-0.39, 0.29) is 11.9 Å². The largest absolute Gasteiger partial charge is 0.375 e. The van der Waals surface area contributed by atoms with Gasteiger partial charge in [-0.15, -0.1) is 11.3 Å². The molecule has 7 nitrogen and oxygen atoms in total. The van der Waals surface area contributed by atoms with E-state index < -0.39 is 0 Å². The van der Waals surface area contributed by atoms with Crippen LogP contribution in [0.25, 0.3) is 0 Å². The van der Waals surface area contributed by atoms with E-state index in [4.69, 9.17) is 5.73 Å². The highest BCUT2D eigenvalue weighted by molar-refractivity contribution is 7.13. The topological polar surface area (TPSA) is 97.0 Å². The third kappa shape index (κ3) is 3.27. The van der Waals surface area contributed by atoms with Crippen molar-refractivity contribution in [2.24, 2.45) is 0 Å². The Bertz CT molecular complexity index is 616. The lowest BCUT2D eigenvalue weighted by Gasteiger charge is -2.32. The van der Waals surface area contributed by atoms with Crippen molar-refractivity contribution in [3.05, 3.63) is 29.5 Å². The molecule has 0 bridgehead atoms. The molecule has 2 aromatic rings. The zero-order chi connectivity index (χ0) is 14.7. The summed E-state index contributed by atoms with van der Waals surface area (Å²) in [6, 6.07) is 1.86. The average molecular weight is 304 g/mol. The minimum atomic E-state index is -0.177. The average Bonchev–Trinajstić information content (AvgIpc) is 2.95. The van der Waals surface area contributed by atoms with Crippen LogP contribution >= 0.6 is 11.3 Å². The maximum absolute atomic E-state index is 12.1. The maximum atomic E-state index is 12.1. The SMILES string of the molecule is Nc1nc(C(=O)NC2CCCN(c3ncccn3)C2)cs1. The fraction of sp³-hybridized carbons (Fsp3) is 0.385. The quantitative estimate of drug-likeness (QED) is 0.875. The molecule has 0 aliphatic carbocycles. The van der Waals surface area contributed by atoms with Crippen LogP contribution in [0.1, 0.15) is 23.3 Å². The summed E-state index contributed by atoms with van der Waals surface area (Å²) in [6.07, 6.45) is 5.38. The number of amides is 1. The molecule has 0 aromatic carbocycles. The Balaban J connectivity index is 1.62. The predicted octanol–water partition coefficient (Wildman–Crippen LogP) is 0.914. The van der Waals surface area contributed by atoms with Crippen LogP contribution in [0.15, 0.2) is 23.8 Å². The Labute approximate surface area is 126 Å². The van der Waals surface area contributed by atoms with E-state index in [9.17, 15) is 4.79 Å². The fourth-order valence-electron chi connectivity index (χ4n) is 2.38. The van der Waals surface area contributed by atoms with Crippen LogP contribution in [0.3, 0.4) is 0 Å². The minimum Gasteiger partial charge on any atom is -0.375 e. The van der Waals surface area contributed by atoms with Crippen molar-refractivity contribution in [3.8, 4) is 0 Å². The summed E-state index contributed by atoms with van der Waals surface area (Å²) in [5.74, 6) is 0.526. The first kappa shape index (κ1) is 13.7. The van der Waals surface area contributed by atoms with Gasteiger partial charge in [0.05, 0.1) is 0 Å². The number of hydrogen-bond donors (Lipinski definition) is 2. The zero-order valence-electron chi connectivity index (χ0n) is 11.4. The number of thiazole rings is 1. The van der Waals surface area contributed by atoms with Crippen LogP contribution < -0.4 is 16.0 Å². The molecule has 2 aromatic heterocycles. The van der Waals surface area contributed by atoms with Gasteiger partial charge in [0, 0.05) is 36.9 Å². The number of nitrogen functional groups attached to an aromatic ring is 1. The van der Waals surface area contributed by atoms with Crippen LogP contribution in [-0.2, 0) is 0 Å². The van der Waals surface area contributed by atoms with Crippen LogP contribution in [0, 0.1) is 0 Å². The van der Waals surface area contributed by atoms with Gasteiger partial charge in [0.15, 0.2) is 5.13 Å². The molecule has 1 atom stereocenters. The van der Waals surface area contributed by atoms with Gasteiger partial charge in [-0.1, -0.05) is 0 Å². The Kier molecular flexibility index (Phi) is 3.96. The second-order valence-corrected chi connectivity index (χ2v) is 5.77. The predicted molar refractivity (Wildman–Crippen MR) is 81.3 cm³/mol. The van der Waals surface area contributed by atoms with E-state index in [1.165, 1.54) is 11.3 Å². The van der Waals surface area contributed by atoms with Gasteiger partial charge in [-0.3, -0.25) is 4.79 Å². The fourth-order valence-corrected chi connectivity index (χ4v) is 2.93. The summed E-state index contributed by atoms with van der Waals surface area (Å²) >= 11 is 1.27. The molecule has 0 spiro atoms. The first-order chi connectivity index (χ1) is 10.2. The second kappa shape index (κ2) is 6.04. The molecule has 21 heavy (non-hydrogen) atoms. The molecular weight excluding hydrogens is 288 g/mol. The van der Waals surface area contributed by atoms with Gasteiger partial charge in [0.1, 0.15) is 5.69 Å². The summed E-state index contributed by atoms with van der Waals surface area (Å²) in [6.45, 7) is 1.61. The molecule has 1 aliphatic heterocycles. The van der Waals surface area contributed by atoms with Crippen LogP contribution in [-0.4, -0.2) is 40.0 Å². The lowest BCUT2D eigenvalue weighted by atomic mass is 10.1. The summed E-state index contributed by atoms with van der Waals surface area (Å²) < 4.78 is 0. The lowest BCUT2D eigenvalue weighted by molar-refractivity contribution is 0.0929. The van der Waals surface area contributed by atoms with Gasteiger partial charge in [-0.2, -0.15) is 0 Å². The Morgan fingerprint density at radius 1 is 1.43 bits per heavy atom. The zero-order valence-corrected chi connectivity index (χ0v) is 12.2. The van der Waals surface area contributed by atoms with Gasteiger partial charge < -0.3 is 16.0 Å². The number of nitrogens with zero attached hydrogens (tertiary/aromatic N) is 4. The highest BCUT2D eigenvalue weighted by Crippen LogP contribution is 2.16. The van der Waals surface area contributed by atoms with Gasteiger partial charge >= 0.3 is 0 Å². The number of nitrogens with one attached hydrogen (secondary N) is 1. The molecule has 110 valence electrons. The Morgan fingerprint density at radius 2 is 2.24 bits per heavy atom. The number of aromatic nitrogens is 3. The van der Waals surface area contributed by atoms with Crippen molar-refractivity contribution in [1.82, 2.24) is 20.3 Å². The lowest BCUT2D eigenvalue weighted by Crippen LogP contribution is -2.48. The first-order valence-corrected chi connectivity index (χ1v) is 7.64. The smallest absolute Gasteiger partial charge is 0.271 e. The summed E-state index contributed by atoms with van der Waals surface area (Å²) in [4.78, 5) is 26.7. The van der Waals surface area contributed by atoms with E-state index in [1.54, 1.807) is 23.8 Å². The van der Waals surface area contributed by atoms with Gasteiger partial charge in [0.2, 0.25) is 5.95 Å². The number of carbonyl (C=O) groups excluding carboxylic acids is 1. The van der Waals surface area contributed by atoms with Gasteiger partial charge in [0.25, 0.3) is 5.91 Å². The molecule has 1 amide bonds. The van der Waals surface area contributed by atoms with Crippen LogP contribution in [0.4, 0.5) is 11.1 Å². The van der Waals surface area contributed by atoms with E-state index in [1.807, 2.05) is 0 Å². The number of carbonyl (C=O) groups is 1. The second-order valence-electron chi connectivity index (χ2n) is 4.88. The molecule has 3 heterocycles. The number of hydrogen-bond acceptors (Lipinski definition) is 7. The molecule has 3 rings (SSSR count). The molecule has 0 radical (unpaired) electrons. The molecule has 3 N–H and O–H groups in total. The molecule has 1 fully saturated rings. The Hall–Kier alpha value is -2.22. The summed E-state index contributed by atoms with van der Waals surface area (Å²) in [7, 11) is 0. The molecule has 1 unspecified atom stereocenters. The maximum Gasteiger partial charge on any atom is 0.271 e. The number of nitrogens with two attached hydrogens (primary N) is 1. The highest BCUT2D eigenvalue weighted by atomic mass is 32.1. The summed E-state index contributed by atoms with van der Waals surface area (Å²) in [5.41, 5.74) is 5.93. The highest BCUT2D eigenvalue weighted by Gasteiger charge is 2.23. The standard InChI is InChI=1S/C13H16N6OS/c14-12-18-10(8-21-12)11(20)17-9-3-1-6-19(7-9)13-15-4-2-5-16-13/h2,4-5,8-9H,1,3,6-7H2,(H2,14,18)(H,17,20). The Morgan fingerprint density at radius 3 is 2.95 bits per heavy atom. The van der Waals surface area contributed by atoms with E-state index >= 15 is 0 Å². The van der Waals surface area contributed by atoms with Crippen molar-refractivity contribution in [2.45, 2.75) is 18.9 Å². The van der Waals surface area contributed by atoms with E-state index in [0.29, 0.717) is 23.3 Å². The first-order valence-electron chi connectivity index (χ1n) is 6.76. The molecule has 0 saturated carbocycles. The normalized spacial score (nSPS) is 18.5. The van der Waals surface area contributed by atoms with Crippen LogP contribution in [0.2, 0.25) is 0 Å². The van der Waals surface area contributed by atoms with Crippen molar-refractivity contribution in [1.29, 1.82) is 0 Å². The monoisotopic (exact) mass is 304 g/mol. The third-order valence-corrected chi connectivity index (χ3v) is 4.02. The third-order valence-electron chi connectivity index (χ3n) is 3.35. The molecule has 8 heteroatoms. The van der Waals surface area contributed by atoms with Gasteiger partial charge in [-0.25, -0.2) is 15.0 Å². The van der Waals surface area contributed by atoms with E-state index in [2.05, 4.69) is 25.2 Å². The van der Waals surface area contributed by atoms with Crippen molar-refractivity contribution in [3.63, 3.8) is 0 Å². The van der Waals surface area contributed by atoms with Crippen molar-refractivity contribution < 1.29 is 4.79 Å². The molecular formula is C13H16N6OS. The number of anilines is 2. The number of piperidine rings is 1. The molecule has 1 saturated heterocycles. The summed E-state index contributed by atoms with van der Waals surface area (Å²) in [5, 5.41) is 5.08. The van der Waals surface area contributed by atoms with Crippen LogP contribution in [0.5, 0.6) is 0 Å². The van der Waals surface area contributed by atoms with E-state index in [0.717, 1.165) is 19.4 Å². The van der Waals surface area contributed by atoms with Gasteiger partial charge in [-0.05, 0) is 18.9 Å². The van der Waals surface area contributed by atoms with Crippen molar-refractivity contribution >= 4 is 28.3 Å².